The van der Waals surface area contributed by atoms with Crippen molar-refractivity contribution in [3.8, 4) is 23.0 Å². The molecule has 0 aliphatic rings. The van der Waals surface area contributed by atoms with E-state index in [1.54, 1.807) is 0 Å². The number of aliphatic carboxylic acids is 1. The lowest BCUT2D eigenvalue weighted by Crippen LogP contribution is -2.23. The summed E-state index contributed by atoms with van der Waals surface area (Å²) in [7, 11) is 0. The van der Waals surface area contributed by atoms with Crippen LogP contribution in [0.5, 0.6) is 23.0 Å². The van der Waals surface area contributed by atoms with Gasteiger partial charge in [-0.3, -0.25) is 20.0 Å². The smallest absolute Gasteiger partial charge is 0.489 e. The molecule has 0 saturated heterocycles. The van der Waals surface area contributed by atoms with Gasteiger partial charge in [-0.2, -0.15) is 13.2 Å². The molecule has 69 heavy (non-hydrogen) atoms. The van der Waals surface area contributed by atoms with E-state index in [4.69, 9.17) is 74.7 Å². The fraction of sp³-hybridized carbons (Fsp3) is 0.271. The molecule has 5 aromatic carbocycles. The summed E-state index contributed by atoms with van der Waals surface area (Å²) in [5, 5.41) is 7.12. The van der Waals surface area contributed by atoms with Crippen molar-refractivity contribution in [2.24, 2.45) is 65.8 Å². The molecule has 0 amide bonds. The molecule has 17 N–H and O–H groups in total. The molecular formula is C48H59F3N12O6. The maximum Gasteiger partial charge on any atom is 0.490 e. The van der Waals surface area contributed by atoms with E-state index in [0.29, 0.717) is 74.9 Å². The quantitative estimate of drug-likeness (QED) is 0.0313. The fourth-order valence-electron chi connectivity index (χ4n) is 6.24. The largest absolute Gasteiger partial charge is 0.490 e. The van der Waals surface area contributed by atoms with Crippen molar-refractivity contribution in [3.05, 3.63) is 154 Å². The predicted octanol–water partition coefficient (Wildman–Crippen LogP) is 3.90. The van der Waals surface area contributed by atoms with Gasteiger partial charge in [0.1, 0.15) is 49.4 Å². The first-order valence-corrected chi connectivity index (χ1v) is 21.5. The van der Waals surface area contributed by atoms with Gasteiger partial charge in [0.15, 0.2) is 23.8 Å². The number of ether oxygens (including phenoxy) is 4. The third-order valence-corrected chi connectivity index (χ3v) is 9.81. The number of rotatable bonds is 24. The molecule has 5 rings (SSSR count). The number of nitrogens with zero attached hydrogens (tertiary/aromatic N) is 4. The average Bonchev–Trinajstić information content (AvgIpc) is 3.30. The van der Waals surface area contributed by atoms with Crippen molar-refractivity contribution in [2.75, 3.05) is 26.2 Å². The number of carbonyl (C=O) groups is 1. The monoisotopic (exact) mass is 956 g/mol. The fourth-order valence-corrected chi connectivity index (χ4v) is 6.24. The SMILES string of the molecule is NC(N)=NCCc1ccc(OCc2cc(COc3ccc(CCN=C(N)N)cc3)c(COc3ccc(CCN=C(N)N)cc3)cc2COc2ccc(CCN=C(N)N)cc2)cc1.O=C(O)C(F)(F)F. The number of halogens is 3. The van der Waals surface area contributed by atoms with Gasteiger partial charge in [0, 0.05) is 26.2 Å². The Bertz CT molecular complexity index is 2170. The molecule has 0 atom stereocenters. The average molecular weight is 957 g/mol. The number of benzene rings is 5. The van der Waals surface area contributed by atoms with Gasteiger partial charge in [0.2, 0.25) is 0 Å². The lowest BCUT2D eigenvalue weighted by Gasteiger charge is -2.19. The summed E-state index contributed by atoms with van der Waals surface area (Å²) < 4.78 is 57.3. The molecule has 0 aliphatic carbocycles. The highest BCUT2D eigenvalue weighted by molar-refractivity contribution is 5.76. The van der Waals surface area contributed by atoms with E-state index in [1.807, 2.05) is 97.1 Å². The van der Waals surface area contributed by atoms with E-state index in [9.17, 15) is 13.2 Å². The summed E-state index contributed by atoms with van der Waals surface area (Å²) in [6.07, 6.45) is -2.27. The van der Waals surface area contributed by atoms with Crippen LogP contribution < -0.4 is 64.8 Å². The predicted molar refractivity (Wildman–Crippen MR) is 261 cm³/mol. The van der Waals surface area contributed by atoms with Gasteiger partial charge in [0.25, 0.3) is 0 Å². The van der Waals surface area contributed by atoms with Crippen molar-refractivity contribution in [3.63, 3.8) is 0 Å². The zero-order chi connectivity index (χ0) is 50.2. The molecule has 0 bridgehead atoms. The topological polar surface area (TPSA) is 332 Å². The number of nitrogens with two attached hydrogens (primary N) is 8. The Hall–Kier alpha value is -8.36. The van der Waals surface area contributed by atoms with Crippen molar-refractivity contribution < 1.29 is 42.0 Å². The Balaban J connectivity index is 0.00000137. The lowest BCUT2D eigenvalue weighted by molar-refractivity contribution is -0.192. The van der Waals surface area contributed by atoms with E-state index in [2.05, 4.69) is 32.1 Å². The van der Waals surface area contributed by atoms with Crippen LogP contribution in [0.3, 0.4) is 0 Å². The lowest BCUT2D eigenvalue weighted by atomic mass is 9.99. The second kappa shape index (κ2) is 27.3. The Morgan fingerprint density at radius 2 is 0.594 bits per heavy atom. The van der Waals surface area contributed by atoms with E-state index in [-0.39, 0.29) is 50.3 Å². The minimum absolute atomic E-state index is 0.0727. The van der Waals surface area contributed by atoms with Crippen molar-refractivity contribution in [1.82, 2.24) is 0 Å². The highest BCUT2D eigenvalue weighted by atomic mass is 19.4. The number of carboxylic acid groups (broad SMARTS) is 1. The molecule has 0 saturated carbocycles. The van der Waals surface area contributed by atoms with Crippen LogP contribution in [0.1, 0.15) is 44.5 Å². The van der Waals surface area contributed by atoms with Crippen LogP contribution in [0, 0.1) is 0 Å². The maximum atomic E-state index is 10.6. The van der Waals surface area contributed by atoms with Crippen LogP contribution >= 0.6 is 0 Å². The molecule has 0 radical (unpaired) electrons. The third-order valence-electron chi connectivity index (χ3n) is 9.81. The van der Waals surface area contributed by atoms with E-state index >= 15 is 0 Å². The zero-order valence-electron chi connectivity index (χ0n) is 37.9. The minimum atomic E-state index is -5.08. The van der Waals surface area contributed by atoms with Crippen LogP contribution in [-0.2, 0) is 56.9 Å². The Labute approximate surface area is 397 Å². The van der Waals surface area contributed by atoms with E-state index in [0.717, 1.165) is 44.5 Å². The molecule has 5 aromatic rings. The first-order chi connectivity index (χ1) is 32.9. The number of hydrogen-bond donors (Lipinski definition) is 9. The molecule has 0 spiro atoms. The molecule has 0 fully saturated rings. The second-order valence-electron chi connectivity index (χ2n) is 15.1. The number of guanidine groups is 4. The molecule has 0 aromatic heterocycles. The maximum absolute atomic E-state index is 10.6. The highest BCUT2D eigenvalue weighted by Gasteiger charge is 2.38. The van der Waals surface area contributed by atoms with Crippen molar-refractivity contribution in [2.45, 2.75) is 58.3 Å². The van der Waals surface area contributed by atoms with Gasteiger partial charge in [-0.15, -0.1) is 0 Å². The van der Waals surface area contributed by atoms with Gasteiger partial charge in [0.05, 0.1) is 0 Å². The Kier molecular flexibility index (Phi) is 21.1. The molecule has 0 aliphatic heterocycles. The number of alkyl halides is 3. The molecule has 18 nitrogen and oxygen atoms in total. The van der Waals surface area contributed by atoms with Crippen molar-refractivity contribution in [1.29, 1.82) is 0 Å². The standard InChI is InChI=1S/C46H58N12O4.C2HF3O2/c47-43(48)55-21-17-31-1-9-39(10-2-31)59-27-35-25-37(29-61-41-13-5-33(6-14-41)19-23-57-45(51)52)38(30-62-42-15-7-34(8-16-42)20-24-58-46(53)54)26-36(35)28-60-40-11-3-32(4-12-40)18-22-56-44(49)50;3-2(4,5)1(6)7/h1-16,25-26H,17-24,27-30H2,(H4,47,48,55)(H4,49,50,56)(H4,51,52,57)(H4,53,54,58);(H,6,7). The summed E-state index contributed by atoms with van der Waals surface area (Å²) in [5.41, 5.74) is 52.0. The van der Waals surface area contributed by atoms with E-state index < -0.39 is 12.1 Å². The zero-order valence-corrected chi connectivity index (χ0v) is 37.9. The number of aliphatic imine (C=N–C) groups is 4. The molecular weight excluding hydrogens is 898 g/mol. The summed E-state index contributed by atoms with van der Waals surface area (Å²) in [6.45, 7) is 3.11. The van der Waals surface area contributed by atoms with Gasteiger partial charge < -0.3 is 69.9 Å². The van der Waals surface area contributed by atoms with Gasteiger partial charge in [-0.1, -0.05) is 48.5 Å². The highest BCUT2D eigenvalue weighted by Crippen LogP contribution is 2.26. The van der Waals surface area contributed by atoms with Crippen LogP contribution in [0.2, 0.25) is 0 Å². The van der Waals surface area contributed by atoms with Crippen LogP contribution in [0.4, 0.5) is 13.2 Å². The summed E-state index contributed by atoms with van der Waals surface area (Å²) in [6, 6.07) is 35.8. The minimum Gasteiger partial charge on any atom is -0.489 e. The van der Waals surface area contributed by atoms with Gasteiger partial charge in [-0.25, -0.2) is 4.79 Å². The second-order valence-corrected chi connectivity index (χ2v) is 15.1. The Morgan fingerprint density at radius 1 is 0.406 bits per heavy atom. The van der Waals surface area contributed by atoms with Gasteiger partial charge >= 0.3 is 12.1 Å². The van der Waals surface area contributed by atoms with Gasteiger partial charge in [-0.05, 0) is 131 Å². The van der Waals surface area contributed by atoms with Crippen LogP contribution in [-0.4, -0.2) is 67.3 Å². The summed E-state index contributed by atoms with van der Waals surface area (Å²) in [5.74, 6) is 0.388. The van der Waals surface area contributed by atoms with Crippen LogP contribution in [0.25, 0.3) is 0 Å². The molecule has 0 unspecified atom stereocenters. The van der Waals surface area contributed by atoms with Crippen molar-refractivity contribution >= 4 is 29.8 Å². The number of carboxylic acids is 1. The van der Waals surface area contributed by atoms with E-state index in [1.165, 1.54) is 0 Å². The molecule has 21 heteroatoms. The van der Waals surface area contributed by atoms with Crippen LogP contribution in [0.15, 0.2) is 129 Å². The normalized spacial score (nSPS) is 10.7. The third kappa shape index (κ3) is 20.8. The Morgan fingerprint density at radius 3 is 0.754 bits per heavy atom. The molecule has 368 valence electrons. The first-order valence-electron chi connectivity index (χ1n) is 21.5. The summed E-state index contributed by atoms with van der Waals surface area (Å²) in [4.78, 5) is 25.2. The first kappa shape index (κ1) is 53.3. The molecule has 0 heterocycles. The number of hydrogen-bond acceptors (Lipinski definition) is 9. The summed E-state index contributed by atoms with van der Waals surface area (Å²) >= 11 is 0.